The summed E-state index contributed by atoms with van der Waals surface area (Å²) in [6.07, 6.45) is 0. The van der Waals surface area contributed by atoms with E-state index in [1.807, 2.05) is 31.2 Å². The highest BCUT2D eigenvalue weighted by atomic mass is 32.2. The van der Waals surface area contributed by atoms with E-state index in [2.05, 4.69) is 11.1 Å². The van der Waals surface area contributed by atoms with Crippen molar-refractivity contribution < 1.29 is 9.90 Å². The van der Waals surface area contributed by atoms with Crippen molar-refractivity contribution in [2.24, 2.45) is 0 Å². The fraction of sp³-hybridized carbons (Fsp3) is 0.211. The number of benzene rings is 2. The summed E-state index contributed by atoms with van der Waals surface area (Å²) in [5.41, 5.74) is 3.43. The Hall–Kier alpha value is -2.36. The average molecular weight is 368 g/mol. The number of carboxylic acid groups (broad SMARTS) is 1. The molecule has 4 nitrogen and oxygen atoms in total. The molecule has 0 aliphatic heterocycles. The normalized spacial score (nSPS) is 11.4. The molecule has 3 aromatic rings. The monoisotopic (exact) mass is 368 g/mol. The van der Waals surface area contributed by atoms with Gasteiger partial charge >= 0.3 is 5.97 Å². The minimum absolute atomic E-state index is 0.594. The van der Waals surface area contributed by atoms with Crippen molar-refractivity contribution >= 4 is 39.3 Å². The summed E-state index contributed by atoms with van der Waals surface area (Å²) in [7, 11) is 0. The maximum absolute atomic E-state index is 11.6. The Morgan fingerprint density at radius 3 is 2.52 bits per heavy atom. The van der Waals surface area contributed by atoms with Crippen LogP contribution in [0.15, 0.2) is 41.3 Å². The molecule has 2 aromatic carbocycles. The van der Waals surface area contributed by atoms with E-state index in [1.54, 1.807) is 37.3 Å². The zero-order valence-electron chi connectivity index (χ0n) is 14.0. The number of aliphatic carboxylic acids is 1. The van der Waals surface area contributed by atoms with Crippen LogP contribution in [0.1, 0.15) is 24.4 Å². The van der Waals surface area contributed by atoms with Crippen molar-refractivity contribution in [3.8, 4) is 17.2 Å². The quantitative estimate of drug-likeness (QED) is 0.649. The zero-order valence-corrected chi connectivity index (χ0v) is 15.7. The van der Waals surface area contributed by atoms with Crippen LogP contribution in [0.2, 0.25) is 0 Å². The molecular weight excluding hydrogens is 352 g/mol. The van der Waals surface area contributed by atoms with Crippen LogP contribution < -0.4 is 0 Å². The molecule has 1 aromatic heterocycles. The Kier molecular flexibility index (Phi) is 4.55. The largest absolute Gasteiger partial charge is 0.480 e. The molecule has 3 rings (SSSR count). The van der Waals surface area contributed by atoms with Gasteiger partial charge in [0.15, 0.2) is 0 Å². The molecule has 25 heavy (non-hydrogen) atoms. The van der Waals surface area contributed by atoms with Crippen LogP contribution in [0.3, 0.4) is 0 Å². The van der Waals surface area contributed by atoms with Gasteiger partial charge in [-0.15, -0.1) is 23.1 Å². The van der Waals surface area contributed by atoms with Crippen LogP contribution in [0.5, 0.6) is 0 Å². The first-order chi connectivity index (χ1) is 11.8. The molecule has 0 saturated carbocycles. The maximum Gasteiger partial charge on any atom is 0.319 e. The van der Waals surface area contributed by atoms with Crippen LogP contribution in [-0.4, -0.2) is 20.8 Å². The smallest absolute Gasteiger partial charge is 0.319 e. The first kappa shape index (κ1) is 17.5. The highest BCUT2D eigenvalue weighted by molar-refractivity contribution is 8.01. The van der Waals surface area contributed by atoms with Crippen LogP contribution in [0.4, 0.5) is 0 Å². The fourth-order valence-electron chi connectivity index (χ4n) is 2.47. The van der Waals surface area contributed by atoms with Gasteiger partial charge in [0.05, 0.1) is 26.9 Å². The summed E-state index contributed by atoms with van der Waals surface area (Å²) in [6.45, 7) is 5.36. The van der Waals surface area contributed by atoms with Gasteiger partial charge in [-0.3, -0.25) is 4.79 Å². The van der Waals surface area contributed by atoms with Crippen LogP contribution in [0, 0.1) is 18.3 Å². The zero-order chi connectivity index (χ0) is 18.2. The van der Waals surface area contributed by atoms with Crippen LogP contribution >= 0.6 is 23.1 Å². The number of aromatic nitrogens is 1. The number of thioether (sulfide) groups is 1. The number of hydrogen-bond donors (Lipinski definition) is 1. The maximum atomic E-state index is 11.6. The Morgan fingerprint density at radius 1 is 1.24 bits per heavy atom. The summed E-state index contributed by atoms with van der Waals surface area (Å²) in [6, 6.07) is 13.4. The minimum atomic E-state index is -0.950. The van der Waals surface area contributed by atoms with Gasteiger partial charge in [-0.05, 0) is 50.6 Å². The molecule has 0 aliphatic rings. The summed E-state index contributed by atoms with van der Waals surface area (Å²) >= 11 is 2.92. The summed E-state index contributed by atoms with van der Waals surface area (Å²) in [4.78, 5) is 17.0. The number of nitriles is 1. The van der Waals surface area contributed by atoms with Gasteiger partial charge in [-0.25, -0.2) is 4.98 Å². The molecular formula is C19H16N2O2S2. The van der Waals surface area contributed by atoms with Crippen LogP contribution in [0.25, 0.3) is 21.3 Å². The second-order valence-electron chi connectivity index (χ2n) is 6.13. The first-order valence-electron chi connectivity index (χ1n) is 7.65. The average Bonchev–Trinajstić information content (AvgIpc) is 2.94. The molecule has 0 fully saturated rings. The third-order valence-electron chi connectivity index (χ3n) is 3.81. The molecule has 0 saturated heterocycles. The van der Waals surface area contributed by atoms with Crippen molar-refractivity contribution in [3.63, 3.8) is 0 Å². The summed E-state index contributed by atoms with van der Waals surface area (Å²) in [5, 5.41) is 19.5. The molecule has 1 N–H and O–H groups in total. The van der Waals surface area contributed by atoms with Crippen molar-refractivity contribution in [1.29, 1.82) is 5.26 Å². The standard InChI is InChI=1S/C19H16N2O2S2/c1-11-21-14-8-9-15(25-19(2,3)18(22)23)16(17(14)24-11)13-6-4-12(10-20)5-7-13/h4-9H,1-3H3,(H,22,23). The first-order valence-corrected chi connectivity index (χ1v) is 9.28. The lowest BCUT2D eigenvalue weighted by Crippen LogP contribution is -2.26. The predicted octanol–water partition coefficient (Wildman–Crippen LogP) is 5.10. The van der Waals surface area contributed by atoms with E-state index in [-0.39, 0.29) is 0 Å². The number of nitrogens with zero attached hydrogens (tertiary/aromatic N) is 2. The SMILES string of the molecule is Cc1nc2ccc(SC(C)(C)C(=O)O)c(-c3ccc(C#N)cc3)c2s1. The molecule has 0 atom stereocenters. The lowest BCUT2D eigenvalue weighted by Gasteiger charge is -2.21. The third kappa shape index (κ3) is 3.39. The highest BCUT2D eigenvalue weighted by Gasteiger charge is 2.30. The Morgan fingerprint density at radius 2 is 1.92 bits per heavy atom. The number of aryl methyl sites for hydroxylation is 1. The number of thiazole rings is 1. The van der Waals surface area contributed by atoms with Crippen molar-refractivity contribution in [2.45, 2.75) is 30.4 Å². The number of fused-ring (bicyclic) bond motifs is 1. The molecule has 6 heteroatoms. The Bertz CT molecular complexity index is 999. The third-order valence-corrected chi connectivity index (χ3v) is 6.06. The summed E-state index contributed by atoms with van der Waals surface area (Å²) in [5.74, 6) is -0.858. The molecule has 0 spiro atoms. The van der Waals surface area contributed by atoms with Gasteiger partial charge in [0.1, 0.15) is 4.75 Å². The minimum Gasteiger partial charge on any atom is -0.480 e. The highest BCUT2D eigenvalue weighted by Crippen LogP contribution is 2.44. The number of hydrogen-bond acceptors (Lipinski definition) is 5. The van der Waals surface area contributed by atoms with Gasteiger partial charge in [0.2, 0.25) is 0 Å². The topological polar surface area (TPSA) is 74.0 Å². The number of carboxylic acids is 1. The number of rotatable bonds is 4. The van der Waals surface area contributed by atoms with Crippen molar-refractivity contribution in [1.82, 2.24) is 4.98 Å². The van der Waals surface area contributed by atoms with E-state index >= 15 is 0 Å². The lowest BCUT2D eigenvalue weighted by atomic mass is 10.0. The van der Waals surface area contributed by atoms with E-state index in [1.165, 1.54) is 11.8 Å². The van der Waals surface area contributed by atoms with Gasteiger partial charge in [0, 0.05) is 10.5 Å². The molecule has 0 bridgehead atoms. The van der Waals surface area contributed by atoms with Gasteiger partial charge in [-0.1, -0.05) is 12.1 Å². The predicted molar refractivity (Wildman–Crippen MR) is 102 cm³/mol. The molecule has 126 valence electrons. The number of carbonyl (C=O) groups is 1. The molecule has 0 unspecified atom stereocenters. The molecule has 0 aliphatic carbocycles. The van der Waals surface area contributed by atoms with Gasteiger partial charge < -0.3 is 5.11 Å². The molecule has 1 heterocycles. The second-order valence-corrected chi connectivity index (χ2v) is 8.99. The van der Waals surface area contributed by atoms with E-state index in [0.29, 0.717) is 5.56 Å². The Labute approximate surface area is 154 Å². The van der Waals surface area contributed by atoms with Gasteiger partial charge in [-0.2, -0.15) is 5.26 Å². The lowest BCUT2D eigenvalue weighted by molar-refractivity contribution is -0.138. The van der Waals surface area contributed by atoms with Gasteiger partial charge in [0.25, 0.3) is 0 Å². The molecule has 0 radical (unpaired) electrons. The van der Waals surface area contributed by atoms with Crippen molar-refractivity contribution in [2.75, 3.05) is 0 Å². The Balaban J connectivity index is 2.23. The molecule has 0 amide bonds. The van der Waals surface area contributed by atoms with E-state index in [0.717, 1.165) is 31.2 Å². The van der Waals surface area contributed by atoms with Crippen LogP contribution in [-0.2, 0) is 4.79 Å². The van der Waals surface area contributed by atoms with E-state index < -0.39 is 10.7 Å². The fourth-order valence-corrected chi connectivity index (χ4v) is 4.62. The van der Waals surface area contributed by atoms with E-state index in [9.17, 15) is 9.90 Å². The second kappa shape index (κ2) is 6.51. The van der Waals surface area contributed by atoms with E-state index in [4.69, 9.17) is 5.26 Å². The summed E-state index contributed by atoms with van der Waals surface area (Å²) < 4.78 is 0.0859. The van der Waals surface area contributed by atoms with Crippen molar-refractivity contribution in [3.05, 3.63) is 47.0 Å².